The number of carboxylic acid groups (broad SMARTS) is 2. The lowest BCUT2D eigenvalue weighted by Crippen LogP contribution is -2.26. The van der Waals surface area contributed by atoms with E-state index >= 15 is 0 Å². The fourth-order valence-electron chi connectivity index (χ4n) is 1.22. The lowest BCUT2D eigenvalue weighted by Gasteiger charge is -2.15. The van der Waals surface area contributed by atoms with Crippen LogP contribution in [0.3, 0.4) is 0 Å². The fraction of sp³-hybridized carbons (Fsp3) is 0.200. The van der Waals surface area contributed by atoms with E-state index < -0.39 is 11.9 Å². The summed E-state index contributed by atoms with van der Waals surface area (Å²) in [6, 6.07) is 2.03. The van der Waals surface area contributed by atoms with Crippen LogP contribution in [0.15, 0.2) is 12.1 Å². The Labute approximate surface area is 91.0 Å². The molecule has 0 saturated carbocycles. The maximum atomic E-state index is 10.7. The van der Waals surface area contributed by atoms with E-state index in [-0.39, 0.29) is 22.6 Å². The molecule has 1 aromatic carbocycles. The molecule has 6 heteroatoms. The van der Waals surface area contributed by atoms with Gasteiger partial charge in [0.25, 0.3) is 0 Å². The number of carbonyl (C=O) groups is 2. The van der Waals surface area contributed by atoms with Gasteiger partial charge in [-0.1, -0.05) is 0 Å². The number of carboxylic acids is 2. The second-order valence-electron chi connectivity index (χ2n) is 2.83. The Kier molecular flexibility index (Phi) is 3.34. The highest BCUT2D eigenvalue weighted by molar-refractivity contribution is 5.95. The zero-order chi connectivity index (χ0) is 12.3. The highest BCUT2D eigenvalue weighted by Crippen LogP contribution is 2.27. The van der Waals surface area contributed by atoms with Crippen LogP contribution in [-0.2, 0) is 0 Å². The van der Waals surface area contributed by atoms with Crippen molar-refractivity contribution in [1.29, 1.82) is 0 Å². The van der Waals surface area contributed by atoms with Gasteiger partial charge in [0.1, 0.15) is 11.5 Å². The summed E-state index contributed by atoms with van der Waals surface area (Å²) >= 11 is 0. The molecule has 1 rings (SSSR count). The van der Waals surface area contributed by atoms with E-state index in [1.54, 1.807) is 0 Å². The number of hydrogen-bond acceptors (Lipinski definition) is 6. The first-order valence-electron chi connectivity index (χ1n) is 4.20. The van der Waals surface area contributed by atoms with E-state index in [2.05, 4.69) is 0 Å². The lowest BCUT2D eigenvalue weighted by molar-refractivity contribution is -0.256. The van der Waals surface area contributed by atoms with Crippen molar-refractivity contribution >= 4 is 11.9 Å². The first-order valence-corrected chi connectivity index (χ1v) is 4.20. The molecule has 0 radical (unpaired) electrons. The van der Waals surface area contributed by atoms with Gasteiger partial charge in [0.15, 0.2) is 0 Å². The molecule has 0 aliphatic carbocycles. The molecule has 1 aromatic rings. The number of benzene rings is 1. The number of rotatable bonds is 4. The van der Waals surface area contributed by atoms with Gasteiger partial charge in [0.05, 0.1) is 26.2 Å². The van der Waals surface area contributed by atoms with Crippen LogP contribution in [0.25, 0.3) is 0 Å². The Morgan fingerprint density at radius 2 is 1.25 bits per heavy atom. The number of methoxy groups -OCH3 is 2. The molecular weight excluding hydrogens is 216 g/mol. The van der Waals surface area contributed by atoms with E-state index in [1.165, 1.54) is 14.2 Å². The minimum absolute atomic E-state index is 0.125. The van der Waals surface area contributed by atoms with E-state index in [1.807, 2.05) is 0 Å². The minimum atomic E-state index is -1.49. The second-order valence-corrected chi connectivity index (χ2v) is 2.83. The van der Waals surface area contributed by atoms with Crippen LogP contribution in [0, 0.1) is 0 Å². The highest BCUT2D eigenvalue weighted by Gasteiger charge is 2.12. The molecular formula is C10H8O6-2. The van der Waals surface area contributed by atoms with Crippen LogP contribution in [0.1, 0.15) is 20.7 Å². The van der Waals surface area contributed by atoms with E-state index in [0.717, 1.165) is 12.1 Å². The monoisotopic (exact) mass is 224 g/mol. The normalized spacial score (nSPS) is 9.62. The van der Waals surface area contributed by atoms with Crippen LogP contribution in [-0.4, -0.2) is 26.2 Å². The molecule has 0 aliphatic heterocycles. The Bertz CT molecular complexity index is 395. The Hall–Kier alpha value is -2.24. The molecule has 6 nitrogen and oxygen atoms in total. The van der Waals surface area contributed by atoms with Gasteiger partial charge in [-0.15, -0.1) is 0 Å². The molecule has 0 spiro atoms. The summed E-state index contributed by atoms with van der Waals surface area (Å²) < 4.78 is 9.46. The summed E-state index contributed by atoms with van der Waals surface area (Å²) in [6.07, 6.45) is 0. The molecule has 0 unspecified atom stereocenters. The summed E-state index contributed by atoms with van der Waals surface area (Å²) in [5, 5.41) is 21.4. The van der Waals surface area contributed by atoms with Crippen LogP contribution >= 0.6 is 0 Å². The lowest BCUT2D eigenvalue weighted by atomic mass is 10.1. The van der Waals surface area contributed by atoms with Crippen LogP contribution in [0.5, 0.6) is 11.5 Å². The molecule has 0 atom stereocenters. The van der Waals surface area contributed by atoms with Gasteiger partial charge in [-0.3, -0.25) is 0 Å². The molecule has 16 heavy (non-hydrogen) atoms. The first-order chi connectivity index (χ1) is 7.51. The van der Waals surface area contributed by atoms with Crippen LogP contribution in [0.2, 0.25) is 0 Å². The molecule has 0 N–H and O–H groups in total. The van der Waals surface area contributed by atoms with Crippen molar-refractivity contribution in [2.24, 2.45) is 0 Å². The smallest absolute Gasteiger partial charge is 0.128 e. The highest BCUT2D eigenvalue weighted by atomic mass is 16.5. The Morgan fingerprint density at radius 1 is 0.938 bits per heavy atom. The SMILES string of the molecule is COc1cc(C(=O)[O-])c(OC)cc1C(=O)[O-]. The topological polar surface area (TPSA) is 98.7 Å². The van der Waals surface area contributed by atoms with Crippen molar-refractivity contribution in [2.75, 3.05) is 14.2 Å². The summed E-state index contributed by atoms with van der Waals surface area (Å²) in [7, 11) is 2.43. The third kappa shape index (κ3) is 2.05. The molecule has 0 saturated heterocycles. The van der Waals surface area contributed by atoms with Gasteiger partial charge in [-0.25, -0.2) is 0 Å². The zero-order valence-electron chi connectivity index (χ0n) is 8.60. The fourth-order valence-corrected chi connectivity index (χ4v) is 1.22. The summed E-state index contributed by atoms with van der Waals surface area (Å²) in [5.74, 6) is -3.22. The average Bonchev–Trinajstić information content (AvgIpc) is 2.26. The van der Waals surface area contributed by atoms with Gasteiger partial charge < -0.3 is 29.3 Å². The summed E-state index contributed by atoms with van der Waals surface area (Å²) in [6.45, 7) is 0. The van der Waals surface area contributed by atoms with Crippen molar-refractivity contribution in [1.82, 2.24) is 0 Å². The van der Waals surface area contributed by atoms with E-state index in [9.17, 15) is 19.8 Å². The molecule has 0 fully saturated rings. The van der Waals surface area contributed by atoms with Gasteiger partial charge in [0.2, 0.25) is 0 Å². The van der Waals surface area contributed by atoms with Crippen molar-refractivity contribution in [3.05, 3.63) is 23.3 Å². The van der Waals surface area contributed by atoms with Crippen LogP contribution < -0.4 is 19.7 Å². The van der Waals surface area contributed by atoms with Gasteiger partial charge in [-0.05, 0) is 12.1 Å². The number of hydrogen-bond donors (Lipinski definition) is 0. The van der Waals surface area contributed by atoms with Gasteiger partial charge in [0, 0.05) is 11.1 Å². The molecule has 0 heterocycles. The van der Waals surface area contributed by atoms with Crippen molar-refractivity contribution in [3.8, 4) is 11.5 Å². The second kappa shape index (κ2) is 4.52. The molecule has 0 amide bonds. The Morgan fingerprint density at radius 3 is 1.44 bits per heavy atom. The van der Waals surface area contributed by atoms with Crippen molar-refractivity contribution < 1.29 is 29.3 Å². The zero-order valence-corrected chi connectivity index (χ0v) is 8.60. The van der Waals surface area contributed by atoms with Gasteiger partial charge >= 0.3 is 0 Å². The van der Waals surface area contributed by atoms with Crippen molar-refractivity contribution in [3.63, 3.8) is 0 Å². The number of aromatic carboxylic acids is 2. The average molecular weight is 224 g/mol. The molecule has 0 aliphatic rings. The maximum Gasteiger partial charge on any atom is 0.128 e. The van der Waals surface area contributed by atoms with E-state index in [0.29, 0.717) is 0 Å². The predicted octanol–water partition coefficient (Wildman–Crippen LogP) is -1.57. The summed E-state index contributed by atoms with van der Waals surface area (Å²) in [4.78, 5) is 21.4. The molecule has 0 aromatic heterocycles. The minimum Gasteiger partial charge on any atom is -0.545 e. The largest absolute Gasteiger partial charge is 0.545 e. The summed E-state index contributed by atoms with van der Waals surface area (Å²) in [5.41, 5.74) is -0.575. The maximum absolute atomic E-state index is 10.7. The van der Waals surface area contributed by atoms with Crippen molar-refractivity contribution in [2.45, 2.75) is 0 Å². The predicted molar refractivity (Wildman–Crippen MR) is 48.2 cm³/mol. The van der Waals surface area contributed by atoms with Crippen LogP contribution in [0.4, 0.5) is 0 Å². The molecule has 86 valence electrons. The first kappa shape index (κ1) is 11.8. The van der Waals surface area contributed by atoms with Gasteiger partial charge in [-0.2, -0.15) is 0 Å². The number of ether oxygens (including phenoxy) is 2. The molecule has 0 bridgehead atoms. The Balaban J connectivity index is 3.46. The number of carbonyl (C=O) groups excluding carboxylic acids is 2. The quantitative estimate of drug-likeness (QED) is 0.612. The standard InChI is InChI=1S/C10H10O6/c1-15-7-3-6(10(13)14)8(16-2)4-5(7)9(11)12/h3-4H,1-2H3,(H,11,12)(H,13,14)/p-2. The van der Waals surface area contributed by atoms with E-state index in [4.69, 9.17) is 9.47 Å². The third-order valence-corrected chi connectivity index (χ3v) is 1.96. The third-order valence-electron chi connectivity index (χ3n) is 1.96.